The standard InChI is InChI=1S/C20H28N2O3S/c1-19(2,16-6-4-3-5-7-16)18(23)22-17-14-8-13-9-15(17)12-20(10-13,11-14)26(21,24)25/h3-7,13-15,17H,8-12H2,1-2H3,(H,22,23)(H2,21,24,25). The van der Waals surface area contributed by atoms with Crippen LogP contribution in [0.3, 0.4) is 0 Å². The second-order valence-corrected chi connectivity index (χ2v) is 11.1. The summed E-state index contributed by atoms with van der Waals surface area (Å²) in [5.41, 5.74) is 0.371. The van der Waals surface area contributed by atoms with Crippen molar-refractivity contribution >= 4 is 15.9 Å². The molecule has 4 saturated carbocycles. The lowest BCUT2D eigenvalue weighted by Crippen LogP contribution is -2.65. The van der Waals surface area contributed by atoms with E-state index >= 15 is 0 Å². The fraction of sp³-hybridized carbons (Fsp3) is 0.650. The Labute approximate surface area is 155 Å². The van der Waals surface area contributed by atoms with E-state index < -0.39 is 20.2 Å². The first-order chi connectivity index (χ1) is 12.1. The van der Waals surface area contributed by atoms with E-state index in [0.717, 1.165) is 18.4 Å². The largest absolute Gasteiger partial charge is 0.352 e. The summed E-state index contributed by atoms with van der Waals surface area (Å²) in [6, 6.07) is 9.87. The molecule has 0 heterocycles. The van der Waals surface area contributed by atoms with Gasteiger partial charge in [0.25, 0.3) is 0 Å². The molecular weight excluding hydrogens is 348 g/mol. The number of benzene rings is 1. The first kappa shape index (κ1) is 18.0. The van der Waals surface area contributed by atoms with Gasteiger partial charge in [0.15, 0.2) is 0 Å². The summed E-state index contributed by atoms with van der Waals surface area (Å²) in [6.07, 6.45) is 3.90. The molecule has 142 valence electrons. The van der Waals surface area contributed by atoms with Crippen LogP contribution in [-0.4, -0.2) is 25.1 Å². The van der Waals surface area contributed by atoms with Crippen molar-refractivity contribution in [2.45, 2.75) is 62.2 Å². The topological polar surface area (TPSA) is 89.3 Å². The minimum Gasteiger partial charge on any atom is -0.352 e. The number of hydrogen-bond acceptors (Lipinski definition) is 3. The molecule has 5 rings (SSSR count). The van der Waals surface area contributed by atoms with Crippen LogP contribution in [0.4, 0.5) is 0 Å². The van der Waals surface area contributed by atoms with E-state index in [0.29, 0.717) is 25.2 Å². The van der Waals surface area contributed by atoms with E-state index in [1.54, 1.807) is 0 Å². The molecule has 3 N–H and O–H groups in total. The molecule has 0 spiro atoms. The maximum absolute atomic E-state index is 13.1. The van der Waals surface area contributed by atoms with Crippen LogP contribution < -0.4 is 10.5 Å². The van der Waals surface area contributed by atoms with Crippen LogP contribution in [0.2, 0.25) is 0 Å². The number of nitrogens with two attached hydrogens (primary N) is 1. The Balaban J connectivity index is 1.55. The van der Waals surface area contributed by atoms with Crippen LogP contribution in [-0.2, 0) is 20.2 Å². The van der Waals surface area contributed by atoms with Gasteiger partial charge in [0, 0.05) is 6.04 Å². The fourth-order valence-corrected chi connectivity index (χ4v) is 7.21. The first-order valence-corrected chi connectivity index (χ1v) is 11.1. The molecule has 4 bridgehead atoms. The molecule has 1 aromatic rings. The Kier molecular flexibility index (Phi) is 4.01. The van der Waals surface area contributed by atoms with Crippen molar-refractivity contribution in [3.8, 4) is 0 Å². The lowest BCUT2D eigenvalue weighted by atomic mass is 9.53. The molecule has 0 radical (unpaired) electrons. The van der Waals surface area contributed by atoms with E-state index in [9.17, 15) is 13.2 Å². The van der Waals surface area contributed by atoms with E-state index in [1.807, 2.05) is 44.2 Å². The molecule has 6 heteroatoms. The lowest BCUT2D eigenvalue weighted by molar-refractivity contribution is -0.129. The van der Waals surface area contributed by atoms with Crippen molar-refractivity contribution in [2.24, 2.45) is 22.9 Å². The van der Waals surface area contributed by atoms with Gasteiger partial charge in [-0.2, -0.15) is 0 Å². The number of primary sulfonamides is 1. The quantitative estimate of drug-likeness (QED) is 0.845. The zero-order chi connectivity index (χ0) is 18.7. The average Bonchev–Trinajstić information content (AvgIpc) is 2.57. The Hall–Kier alpha value is -1.40. The van der Waals surface area contributed by atoms with Crippen molar-refractivity contribution in [1.82, 2.24) is 5.32 Å². The van der Waals surface area contributed by atoms with Gasteiger partial charge in [0.2, 0.25) is 15.9 Å². The third-order valence-electron chi connectivity index (χ3n) is 7.18. The van der Waals surface area contributed by atoms with Crippen LogP contribution in [0.15, 0.2) is 30.3 Å². The Morgan fingerprint density at radius 2 is 1.69 bits per heavy atom. The molecule has 0 aromatic heterocycles. The van der Waals surface area contributed by atoms with Crippen molar-refractivity contribution in [3.63, 3.8) is 0 Å². The monoisotopic (exact) mass is 376 g/mol. The Morgan fingerprint density at radius 3 is 2.23 bits per heavy atom. The van der Waals surface area contributed by atoms with Gasteiger partial charge in [-0.25, -0.2) is 13.6 Å². The zero-order valence-electron chi connectivity index (χ0n) is 15.4. The second-order valence-electron chi connectivity index (χ2n) is 9.19. The maximum atomic E-state index is 13.1. The summed E-state index contributed by atoms with van der Waals surface area (Å²) in [7, 11) is -3.56. The Morgan fingerprint density at radius 1 is 1.12 bits per heavy atom. The minimum absolute atomic E-state index is 0.0193. The number of hydrogen-bond donors (Lipinski definition) is 2. The Bertz CT molecular complexity index is 803. The highest BCUT2D eigenvalue weighted by molar-refractivity contribution is 7.90. The van der Waals surface area contributed by atoms with Crippen molar-refractivity contribution in [2.75, 3.05) is 0 Å². The fourth-order valence-electron chi connectivity index (χ4n) is 5.85. The summed E-state index contributed by atoms with van der Waals surface area (Å²) < 4.78 is 23.7. The van der Waals surface area contributed by atoms with Crippen LogP contribution >= 0.6 is 0 Å². The smallest absolute Gasteiger partial charge is 0.230 e. The van der Waals surface area contributed by atoms with Gasteiger partial charge in [-0.15, -0.1) is 0 Å². The molecule has 4 fully saturated rings. The summed E-state index contributed by atoms with van der Waals surface area (Å²) in [4.78, 5) is 13.1. The van der Waals surface area contributed by atoms with Gasteiger partial charge in [-0.1, -0.05) is 30.3 Å². The van der Waals surface area contributed by atoms with Crippen LogP contribution in [0.5, 0.6) is 0 Å². The molecule has 2 atom stereocenters. The predicted octanol–water partition coefficient (Wildman–Crippen LogP) is 2.32. The van der Waals surface area contributed by atoms with Gasteiger partial charge >= 0.3 is 0 Å². The van der Waals surface area contributed by atoms with Crippen molar-refractivity contribution in [3.05, 3.63) is 35.9 Å². The number of nitrogens with one attached hydrogen (secondary N) is 1. The van der Waals surface area contributed by atoms with E-state index in [-0.39, 0.29) is 23.8 Å². The highest BCUT2D eigenvalue weighted by atomic mass is 32.2. The second kappa shape index (κ2) is 5.80. The van der Waals surface area contributed by atoms with Crippen LogP contribution in [0, 0.1) is 17.8 Å². The van der Waals surface area contributed by atoms with Gasteiger partial charge in [-0.05, 0) is 69.3 Å². The third kappa shape index (κ3) is 2.69. The summed E-state index contributed by atoms with van der Waals surface area (Å²) in [6.45, 7) is 3.89. The normalized spacial score (nSPS) is 36.1. The molecular formula is C20H28N2O3S. The summed E-state index contributed by atoms with van der Waals surface area (Å²) in [5, 5.41) is 8.91. The van der Waals surface area contributed by atoms with E-state index in [4.69, 9.17) is 5.14 Å². The van der Waals surface area contributed by atoms with Crippen LogP contribution in [0.1, 0.15) is 51.5 Å². The lowest BCUT2D eigenvalue weighted by Gasteiger charge is -2.59. The highest BCUT2D eigenvalue weighted by Crippen LogP contribution is 2.58. The molecule has 4 aliphatic carbocycles. The van der Waals surface area contributed by atoms with E-state index in [2.05, 4.69) is 5.32 Å². The van der Waals surface area contributed by atoms with Gasteiger partial charge in [-0.3, -0.25) is 4.79 Å². The molecule has 0 saturated heterocycles. The molecule has 4 aliphatic rings. The molecule has 26 heavy (non-hydrogen) atoms. The molecule has 0 aliphatic heterocycles. The maximum Gasteiger partial charge on any atom is 0.230 e. The number of carbonyl (C=O) groups is 1. The number of amides is 1. The van der Waals surface area contributed by atoms with Gasteiger partial charge < -0.3 is 5.32 Å². The number of carbonyl (C=O) groups excluding carboxylic acids is 1. The highest BCUT2D eigenvalue weighted by Gasteiger charge is 2.60. The zero-order valence-corrected chi connectivity index (χ0v) is 16.3. The number of sulfonamides is 1. The van der Waals surface area contributed by atoms with Crippen molar-refractivity contribution in [1.29, 1.82) is 0 Å². The molecule has 1 amide bonds. The number of rotatable bonds is 4. The average molecular weight is 377 g/mol. The predicted molar refractivity (Wildman–Crippen MR) is 101 cm³/mol. The third-order valence-corrected chi connectivity index (χ3v) is 8.89. The molecule has 5 nitrogen and oxygen atoms in total. The summed E-state index contributed by atoms with van der Waals surface area (Å²) in [5.74, 6) is 0.886. The SMILES string of the molecule is CC(C)(C(=O)NC1C2CC3CC1CC(S(N)(=O)=O)(C3)C2)c1ccccc1. The molecule has 2 unspecified atom stereocenters. The van der Waals surface area contributed by atoms with Crippen molar-refractivity contribution < 1.29 is 13.2 Å². The molecule has 1 aromatic carbocycles. The summed E-state index contributed by atoms with van der Waals surface area (Å²) >= 11 is 0. The minimum atomic E-state index is -3.56. The first-order valence-electron chi connectivity index (χ1n) is 9.51. The van der Waals surface area contributed by atoms with Gasteiger partial charge in [0.1, 0.15) is 0 Å². The van der Waals surface area contributed by atoms with E-state index in [1.165, 1.54) is 0 Å². The van der Waals surface area contributed by atoms with Crippen LogP contribution in [0.25, 0.3) is 0 Å². The van der Waals surface area contributed by atoms with Gasteiger partial charge in [0.05, 0.1) is 10.2 Å².